The molecule has 0 aliphatic rings. The number of nitrogens with two attached hydrogens (primary N) is 1. The van der Waals surface area contributed by atoms with E-state index in [1.165, 1.54) is 6.92 Å². The molecular weight excluding hydrogens is 221 g/mol. The molecule has 0 aliphatic heterocycles. The molecule has 1 rings (SSSR count). The van der Waals surface area contributed by atoms with Crippen LogP contribution in [0.1, 0.15) is 25.6 Å². The van der Waals surface area contributed by atoms with Crippen molar-refractivity contribution in [2.24, 2.45) is 5.14 Å². The fraction of sp³-hybridized carbons (Fsp3) is 0.500. The van der Waals surface area contributed by atoms with Crippen LogP contribution >= 0.6 is 0 Å². The van der Waals surface area contributed by atoms with Crippen LogP contribution in [0.4, 0.5) is 4.39 Å². The highest BCUT2D eigenvalue weighted by Crippen LogP contribution is 2.18. The Balaban J connectivity index is 2.95. The molecule has 1 aromatic rings. The van der Waals surface area contributed by atoms with Crippen molar-refractivity contribution in [1.29, 1.82) is 0 Å². The van der Waals surface area contributed by atoms with Crippen LogP contribution in [0.2, 0.25) is 0 Å². The molecule has 0 fully saturated rings. The first-order valence-corrected chi connectivity index (χ1v) is 5.92. The van der Waals surface area contributed by atoms with Crippen LogP contribution in [0.25, 0.3) is 0 Å². The number of sulfonamides is 1. The van der Waals surface area contributed by atoms with E-state index in [-0.39, 0.29) is 5.82 Å². The fourth-order valence-corrected chi connectivity index (χ4v) is 1.74. The molecule has 1 unspecified atom stereocenters. The topological polar surface area (TPSA) is 85.9 Å². The van der Waals surface area contributed by atoms with Gasteiger partial charge >= 0.3 is 0 Å². The Hall–Kier alpha value is -1.08. The van der Waals surface area contributed by atoms with Crippen molar-refractivity contribution in [1.82, 2.24) is 9.97 Å². The number of hydrogen-bond acceptors (Lipinski definition) is 4. The van der Waals surface area contributed by atoms with Gasteiger partial charge in [0.15, 0.2) is 5.82 Å². The highest BCUT2D eigenvalue weighted by atomic mass is 32.2. The average Bonchev–Trinajstić information content (AvgIpc) is 2.15. The van der Waals surface area contributed by atoms with E-state index in [1.807, 2.05) is 0 Å². The highest BCUT2D eigenvalue weighted by Gasteiger charge is 2.26. The summed E-state index contributed by atoms with van der Waals surface area (Å²) in [5.74, 6) is -0.771. The molecule has 0 saturated heterocycles. The van der Waals surface area contributed by atoms with Gasteiger partial charge in [-0.3, -0.25) is 0 Å². The second kappa shape index (κ2) is 4.19. The lowest BCUT2D eigenvalue weighted by Crippen LogP contribution is -2.31. The molecular formula is C8H12FN3O2S. The maximum atomic E-state index is 12.5. The molecule has 0 amide bonds. The minimum Gasteiger partial charge on any atom is -0.238 e. The third-order valence-electron chi connectivity index (χ3n) is 2.27. The second-order valence-electron chi connectivity index (χ2n) is 3.34. The van der Waals surface area contributed by atoms with Gasteiger partial charge in [0.1, 0.15) is 5.82 Å². The van der Waals surface area contributed by atoms with Gasteiger partial charge < -0.3 is 0 Å². The number of hydrogen-bond donors (Lipinski definition) is 1. The van der Waals surface area contributed by atoms with Gasteiger partial charge in [-0.2, -0.15) is 0 Å². The minimum absolute atomic E-state index is 0.262. The Bertz CT molecular complexity index is 432. The van der Waals surface area contributed by atoms with E-state index in [4.69, 9.17) is 5.14 Å². The Kier molecular flexibility index (Phi) is 3.35. The zero-order valence-electron chi connectivity index (χ0n) is 8.38. The Morgan fingerprint density at radius 3 is 2.20 bits per heavy atom. The Morgan fingerprint density at radius 2 is 1.80 bits per heavy atom. The van der Waals surface area contributed by atoms with Crippen molar-refractivity contribution in [2.75, 3.05) is 0 Å². The van der Waals surface area contributed by atoms with Gasteiger partial charge in [0.25, 0.3) is 0 Å². The summed E-state index contributed by atoms with van der Waals surface area (Å²) < 4.78 is 34.6. The lowest BCUT2D eigenvalue weighted by molar-refractivity contribution is 0.559. The first kappa shape index (κ1) is 12.0. The molecule has 0 saturated carbocycles. The third-order valence-corrected chi connectivity index (χ3v) is 3.71. The largest absolute Gasteiger partial charge is 0.238 e. The monoisotopic (exact) mass is 233 g/mol. The summed E-state index contributed by atoms with van der Waals surface area (Å²) in [7, 11) is -3.63. The second-order valence-corrected chi connectivity index (χ2v) is 5.26. The number of halogens is 1. The lowest BCUT2D eigenvalue weighted by Gasteiger charge is -2.15. The lowest BCUT2D eigenvalue weighted by atomic mass is 10.1. The molecule has 0 bridgehead atoms. The zero-order valence-corrected chi connectivity index (χ0v) is 9.20. The van der Waals surface area contributed by atoms with Gasteiger partial charge in [-0.15, -0.1) is 0 Å². The predicted molar refractivity (Wildman–Crippen MR) is 53.0 cm³/mol. The van der Waals surface area contributed by atoms with Crippen molar-refractivity contribution in [3.8, 4) is 0 Å². The van der Waals surface area contributed by atoms with Crippen LogP contribution in [0, 0.1) is 5.82 Å². The SMILES string of the molecule is CC(c1ncc(F)cn1)[C@@H](C)S(N)(=O)=O. The van der Waals surface area contributed by atoms with Crippen LogP contribution in [0.5, 0.6) is 0 Å². The van der Waals surface area contributed by atoms with Crippen LogP contribution in [-0.4, -0.2) is 23.6 Å². The van der Waals surface area contributed by atoms with Gasteiger partial charge in [0.05, 0.1) is 17.6 Å². The standard InChI is InChI=1S/C8H12FN3O2S/c1-5(6(2)15(10,13)14)8-11-3-7(9)4-12-8/h3-6H,1-2H3,(H2,10,13,14)/t5?,6-/m1/s1. The molecule has 5 nitrogen and oxygen atoms in total. The maximum absolute atomic E-state index is 12.5. The molecule has 0 radical (unpaired) electrons. The summed E-state index contributed by atoms with van der Waals surface area (Å²) in [4.78, 5) is 7.41. The summed E-state index contributed by atoms with van der Waals surface area (Å²) in [6.45, 7) is 3.09. The summed E-state index contributed by atoms with van der Waals surface area (Å²) in [5.41, 5.74) is 0. The van der Waals surface area contributed by atoms with Crippen LogP contribution < -0.4 is 5.14 Å². The van der Waals surface area contributed by atoms with Crippen molar-refractivity contribution in [3.63, 3.8) is 0 Å². The van der Waals surface area contributed by atoms with E-state index in [0.717, 1.165) is 12.4 Å². The van der Waals surface area contributed by atoms with Crippen molar-refractivity contribution >= 4 is 10.0 Å². The number of primary sulfonamides is 1. The molecule has 2 atom stereocenters. The van der Waals surface area contributed by atoms with E-state index in [1.54, 1.807) is 6.92 Å². The molecule has 0 aromatic carbocycles. The summed E-state index contributed by atoms with van der Waals surface area (Å²) in [6, 6.07) is 0. The quantitative estimate of drug-likeness (QED) is 0.818. The highest BCUT2D eigenvalue weighted by molar-refractivity contribution is 7.89. The molecule has 15 heavy (non-hydrogen) atoms. The average molecular weight is 233 g/mol. The summed E-state index contributed by atoms with van der Waals surface area (Å²) in [6.07, 6.45) is 1.99. The molecule has 84 valence electrons. The van der Waals surface area contributed by atoms with Gasteiger partial charge in [0, 0.05) is 5.92 Å². The summed E-state index contributed by atoms with van der Waals surface area (Å²) >= 11 is 0. The molecule has 0 spiro atoms. The minimum atomic E-state index is -3.63. The zero-order chi connectivity index (χ0) is 11.6. The molecule has 2 N–H and O–H groups in total. The Morgan fingerprint density at radius 1 is 1.33 bits per heavy atom. The third kappa shape index (κ3) is 2.93. The van der Waals surface area contributed by atoms with E-state index in [2.05, 4.69) is 9.97 Å². The number of aromatic nitrogens is 2. The first-order chi connectivity index (χ1) is 6.82. The number of rotatable bonds is 3. The molecule has 0 aliphatic carbocycles. The van der Waals surface area contributed by atoms with Crippen LogP contribution in [0.15, 0.2) is 12.4 Å². The van der Waals surface area contributed by atoms with E-state index < -0.39 is 27.0 Å². The van der Waals surface area contributed by atoms with E-state index in [0.29, 0.717) is 0 Å². The van der Waals surface area contributed by atoms with Gasteiger partial charge in [-0.05, 0) is 6.92 Å². The Labute approximate surface area is 87.6 Å². The normalized spacial score (nSPS) is 16.0. The van der Waals surface area contributed by atoms with Crippen molar-refractivity contribution in [2.45, 2.75) is 25.0 Å². The summed E-state index contributed by atoms with van der Waals surface area (Å²) in [5, 5.41) is 4.19. The predicted octanol–water partition coefficient (Wildman–Crippen LogP) is 0.396. The smallest absolute Gasteiger partial charge is 0.212 e. The molecule has 7 heteroatoms. The molecule has 1 heterocycles. The van der Waals surface area contributed by atoms with Gasteiger partial charge in [-0.1, -0.05) is 6.92 Å². The number of nitrogens with zero attached hydrogens (tertiary/aromatic N) is 2. The van der Waals surface area contributed by atoms with Gasteiger partial charge in [0.2, 0.25) is 10.0 Å². The molecule has 1 aromatic heterocycles. The van der Waals surface area contributed by atoms with E-state index >= 15 is 0 Å². The van der Waals surface area contributed by atoms with E-state index in [9.17, 15) is 12.8 Å². The first-order valence-electron chi connectivity index (χ1n) is 4.31. The fourth-order valence-electron chi connectivity index (χ4n) is 1.05. The van der Waals surface area contributed by atoms with Gasteiger partial charge in [-0.25, -0.2) is 27.9 Å². The van der Waals surface area contributed by atoms with Crippen LogP contribution in [-0.2, 0) is 10.0 Å². The van der Waals surface area contributed by atoms with Crippen molar-refractivity contribution < 1.29 is 12.8 Å². The van der Waals surface area contributed by atoms with Crippen molar-refractivity contribution in [3.05, 3.63) is 24.0 Å². The van der Waals surface area contributed by atoms with Crippen LogP contribution in [0.3, 0.4) is 0 Å². The maximum Gasteiger partial charge on any atom is 0.212 e.